The highest BCUT2D eigenvalue weighted by Crippen LogP contribution is 2.30. The Labute approximate surface area is 111 Å². The van der Waals surface area contributed by atoms with Crippen molar-refractivity contribution in [1.29, 1.82) is 0 Å². The molecule has 0 radical (unpaired) electrons. The third-order valence-electron chi connectivity index (χ3n) is 3.62. The summed E-state index contributed by atoms with van der Waals surface area (Å²) in [4.78, 5) is 0. The second kappa shape index (κ2) is 5.92. The predicted molar refractivity (Wildman–Crippen MR) is 68.6 cm³/mol. The van der Waals surface area contributed by atoms with Gasteiger partial charge in [0.15, 0.2) is 0 Å². The van der Waals surface area contributed by atoms with E-state index in [-0.39, 0.29) is 0 Å². The molecule has 1 aromatic rings. The van der Waals surface area contributed by atoms with Crippen molar-refractivity contribution in [3.8, 4) is 0 Å². The quantitative estimate of drug-likeness (QED) is 0.883. The summed E-state index contributed by atoms with van der Waals surface area (Å²) in [6.45, 7) is 0.520. The smallest absolute Gasteiger partial charge is 0.323 e. The monoisotopic (exact) mass is 272 g/mol. The molecule has 2 rings (SSSR count). The summed E-state index contributed by atoms with van der Waals surface area (Å²) < 4.78 is 37.8. The number of nitrogens with two attached hydrogens (primary N) is 1. The maximum Gasteiger partial charge on any atom is 0.416 e. The van der Waals surface area contributed by atoms with E-state index in [0.717, 1.165) is 25.0 Å². The molecule has 2 nitrogen and oxygen atoms in total. The van der Waals surface area contributed by atoms with Crippen molar-refractivity contribution in [2.75, 3.05) is 6.54 Å². The van der Waals surface area contributed by atoms with E-state index >= 15 is 0 Å². The van der Waals surface area contributed by atoms with Crippen LogP contribution in [0.15, 0.2) is 24.3 Å². The third-order valence-corrected chi connectivity index (χ3v) is 3.62. The number of hydrogen-bond donors (Lipinski definition) is 2. The summed E-state index contributed by atoms with van der Waals surface area (Å²) in [5, 5.41) is 3.33. The summed E-state index contributed by atoms with van der Waals surface area (Å²) in [7, 11) is 0. The lowest BCUT2D eigenvalue weighted by Gasteiger charge is -2.18. The van der Waals surface area contributed by atoms with E-state index in [0.29, 0.717) is 18.2 Å². The van der Waals surface area contributed by atoms with Gasteiger partial charge in [-0.1, -0.05) is 25.0 Å². The van der Waals surface area contributed by atoms with E-state index in [1.807, 2.05) is 0 Å². The van der Waals surface area contributed by atoms with Gasteiger partial charge in [0.1, 0.15) is 0 Å². The van der Waals surface area contributed by atoms with Gasteiger partial charge in [-0.2, -0.15) is 13.2 Å². The van der Waals surface area contributed by atoms with Crippen molar-refractivity contribution in [2.24, 2.45) is 5.73 Å². The van der Waals surface area contributed by atoms with Crippen LogP contribution < -0.4 is 11.1 Å². The number of rotatable bonds is 4. The van der Waals surface area contributed by atoms with E-state index in [4.69, 9.17) is 5.73 Å². The molecule has 1 aromatic carbocycles. The number of alkyl halides is 3. The van der Waals surface area contributed by atoms with Crippen LogP contribution in [0.5, 0.6) is 0 Å². The second-order valence-electron chi connectivity index (χ2n) is 5.12. The Balaban J connectivity index is 1.96. The van der Waals surface area contributed by atoms with Crippen LogP contribution in [0.25, 0.3) is 0 Å². The molecule has 0 heterocycles. The van der Waals surface area contributed by atoms with Gasteiger partial charge in [-0.05, 0) is 30.5 Å². The first kappa shape index (κ1) is 14.3. The minimum absolute atomic E-state index is 0.400. The highest BCUT2D eigenvalue weighted by Gasteiger charge is 2.30. The predicted octanol–water partition coefficient (Wildman–Crippen LogP) is 3.24. The molecule has 3 N–H and O–H groups in total. The van der Waals surface area contributed by atoms with Crippen molar-refractivity contribution in [3.05, 3.63) is 35.4 Å². The molecule has 0 aromatic heterocycles. The van der Waals surface area contributed by atoms with Gasteiger partial charge in [0.25, 0.3) is 0 Å². The van der Waals surface area contributed by atoms with E-state index in [1.165, 1.54) is 18.9 Å². The summed E-state index contributed by atoms with van der Waals surface area (Å²) in [6.07, 6.45) is 0.395. The van der Waals surface area contributed by atoms with Crippen LogP contribution in [-0.2, 0) is 6.18 Å². The van der Waals surface area contributed by atoms with E-state index in [9.17, 15) is 13.2 Å². The standard InChI is InChI=1S/C14H19F3N2/c15-14(16,17)11-5-3-4-10(8-11)13(18)9-19-12-6-1-2-7-12/h3-5,8,12-13,19H,1-2,6-7,9,18H2. The highest BCUT2D eigenvalue weighted by atomic mass is 19.4. The van der Waals surface area contributed by atoms with Crippen LogP contribution in [0, 0.1) is 0 Å². The molecule has 1 unspecified atom stereocenters. The molecule has 106 valence electrons. The lowest BCUT2D eigenvalue weighted by molar-refractivity contribution is -0.137. The molecule has 0 bridgehead atoms. The van der Waals surface area contributed by atoms with Crippen molar-refractivity contribution >= 4 is 0 Å². The average molecular weight is 272 g/mol. The molecule has 0 spiro atoms. The number of nitrogens with one attached hydrogen (secondary N) is 1. The maximum atomic E-state index is 12.6. The lowest BCUT2D eigenvalue weighted by Crippen LogP contribution is -2.33. The van der Waals surface area contributed by atoms with Crippen molar-refractivity contribution in [1.82, 2.24) is 5.32 Å². The number of hydrogen-bond acceptors (Lipinski definition) is 2. The molecule has 1 aliphatic carbocycles. The fourth-order valence-electron chi connectivity index (χ4n) is 2.49. The van der Waals surface area contributed by atoms with Gasteiger partial charge in [0.2, 0.25) is 0 Å². The van der Waals surface area contributed by atoms with Gasteiger partial charge in [-0.15, -0.1) is 0 Å². The van der Waals surface area contributed by atoms with Gasteiger partial charge >= 0.3 is 6.18 Å². The van der Waals surface area contributed by atoms with Crippen LogP contribution in [0.3, 0.4) is 0 Å². The summed E-state index contributed by atoms with van der Waals surface area (Å²) in [5.74, 6) is 0. The lowest BCUT2D eigenvalue weighted by atomic mass is 10.0. The average Bonchev–Trinajstić information content (AvgIpc) is 2.88. The van der Waals surface area contributed by atoms with Gasteiger partial charge in [-0.25, -0.2) is 0 Å². The van der Waals surface area contributed by atoms with E-state index in [1.54, 1.807) is 6.07 Å². The van der Waals surface area contributed by atoms with Gasteiger partial charge in [0, 0.05) is 18.6 Å². The van der Waals surface area contributed by atoms with Gasteiger partial charge in [-0.3, -0.25) is 0 Å². The molecule has 0 saturated heterocycles. The fraction of sp³-hybridized carbons (Fsp3) is 0.571. The molecule has 1 atom stereocenters. The van der Waals surface area contributed by atoms with E-state index in [2.05, 4.69) is 5.32 Å². The first-order valence-corrected chi connectivity index (χ1v) is 6.63. The Morgan fingerprint density at radius 2 is 1.95 bits per heavy atom. The Bertz CT molecular complexity index is 411. The van der Waals surface area contributed by atoms with Crippen molar-refractivity contribution < 1.29 is 13.2 Å². The molecular weight excluding hydrogens is 253 g/mol. The summed E-state index contributed by atoms with van der Waals surface area (Å²) in [6, 6.07) is 5.34. The van der Waals surface area contributed by atoms with Gasteiger partial charge < -0.3 is 11.1 Å². The Morgan fingerprint density at radius 3 is 2.58 bits per heavy atom. The molecular formula is C14H19F3N2. The minimum atomic E-state index is -4.31. The van der Waals surface area contributed by atoms with E-state index < -0.39 is 17.8 Å². The summed E-state index contributed by atoms with van der Waals surface area (Å²) >= 11 is 0. The van der Waals surface area contributed by atoms with Crippen molar-refractivity contribution in [3.63, 3.8) is 0 Å². The zero-order chi connectivity index (χ0) is 13.9. The van der Waals surface area contributed by atoms with Gasteiger partial charge in [0.05, 0.1) is 5.56 Å². The van der Waals surface area contributed by atoms with Crippen LogP contribution in [0.2, 0.25) is 0 Å². The fourth-order valence-corrected chi connectivity index (χ4v) is 2.49. The zero-order valence-electron chi connectivity index (χ0n) is 10.7. The largest absolute Gasteiger partial charge is 0.416 e. The molecule has 0 amide bonds. The Hall–Kier alpha value is -1.07. The molecule has 19 heavy (non-hydrogen) atoms. The maximum absolute atomic E-state index is 12.6. The second-order valence-corrected chi connectivity index (χ2v) is 5.12. The molecule has 1 aliphatic rings. The first-order chi connectivity index (χ1) is 8.97. The number of halogens is 3. The highest BCUT2D eigenvalue weighted by molar-refractivity contribution is 5.28. The zero-order valence-corrected chi connectivity index (χ0v) is 10.7. The number of benzene rings is 1. The van der Waals surface area contributed by atoms with Crippen LogP contribution in [-0.4, -0.2) is 12.6 Å². The van der Waals surface area contributed by atoms with Crippen LogP contribution in [0.4, 0.5) is 13.2 Å². The van der Waals surface area contributed by atoms with Crippen LogP contribution in [0.1, 0.15) is 42.9 Å². The molecule has 1 fully saturated rings. The Morgan fingerprint density at radius 1 is 1.26 bits per heavy atom. The SMILES string of the molecule is NC(CNC1CCCC1)c1cccc(C(F)(F)F)c1. The normalized spacial score (nSPS) is 18.7. The Kier molecular flexibility index (Phi) is 4.47. The third kappa shape index (κ3) is 3.94. The first-order valence-electron chi connectivity index (χ1n) is 6.63. The summed E-state index contributed by atoms with van der Waals surface area (Å²) in [5.41, 5.74) is 5.85. The minimum Gasteiger partial charge on any atom is -0.323 e. The topological polar surface area (TPSA) is 38.0 Å². The molecule has 5 heteroatoms. The molecule has 1 saturated carbocycles. The molecule has 0 aliphatic heterocycles. The van der Waals surface area contributed by atoms with Crippen LogP contribution >= 0.6 is 0 Å². The van der Waals surface area contributed by atoms with Crippen molar-refractivity contribution in [2.45, 2.75) is 43.9 Å².